The molecule has 0 saturated heterocycles. The molecule has 0 aliphatic rings. The lowest BCUT2D eigenvalue weighted by Gasteiger charge is -2.06. The molecule has 0 aliphatic carbocycles. The number of hydrogen-bond donors (Lipinski definition) is 1. The Bertz CT molecular complexity index is 659. The Kier molecular flexibility index (Phi) is 5.32. The zero-order valence-corrected chi connectivity index (χ0v) is 13.2. The van der Waals surface area contributed by atoms with Crippen LogP contribution in [0.3, 0.4) is 0 Å². The Morgan fingerprint density at radius 2 is 2.05 bits per heavy atom. The number of benzene rings is 1. The predicted molar refractivity (Wildman–Crippen MR) is 84.8 cm³/mol. The number of hydrogen-bond acceptors (Lipinski definition) is 4. The fourth-order valence-corrected chi connectivity index (χ4v) is 3.65. The van der Waals surface area contributed by atoms with E-state index < -0.39 is 0 Å². The average molecular weight is 343 g/mol. The third-order valence-corrected chi connectivity index (χ3v) is 5.12. The summed E-state index contributed by atoms with van der Waals surface area (Å²) >= 11 is 14.6. The summed E-state index contributed by atoms with van der Waals surface area (Å²) in [4.78, 5) is 12.5. The topological polar surface area (TPSA) is 52.9 Å². The fourth-order valence-electron chi connectivity index (χ4n) is 1.41. The van der Waals surface area contributed by atoms with E-state index in [2.05, 4.69) is 5.32 Å². The van der Waals surface area contributed by atoms with E-state index in [1.165, 1.54) is 23.1 Å². The number of thioether (sulfide) groups is 1. The van der Waals surface area contributed by atoms with Crippen molar-refractivity contribution in [3.63, 3.8) is 0 Å². The van der Waals surface area contributed by atoms with Gasteiger partial charge in [-0.15, -0.1) is 23.1 Å². The first kappa shape index (κ1) is 15.2. The molecule has 1 aromatic heterocycles. The summed E-state index contributed by atoms with van der Waals surface area (Å²) in [7, 11) is 0. The number of rotatable bonds is 4. The molecule has 1 amide bonds. The minimum atomic E-state index is -0.204. The van der Waals surface area contributed by atoms with Crippen molar-refractivity contribution in [1.82, 2.24) is 0 Å². The maximum Gasteiger partial charge on any atom is 0.235 e. The Morgan fingerprint density at radius 3 is 2.70 bits per heavy atom. The molecular formula is C13H8Cl2N2OS2. The van der Waals surface area contributed by atoms with Gasteiger partial charge in [0.1, 0.15) is 11.1 Å². The molecule has 1 N–H and O–H groups in total. The molecule has 0 atom stereocenters. The molecule has 0 spiro atoms. The van der Waals surface area contributed by atoms with E-state index in [-0.39, 0.29) is 11.7 Å². The molecule has 1 heterocycles. The van der Waals surface area contributed by atoms with Gasteiger partial charge in [-0.1, -0.05) is 29.3 Å². The van der Waals surface area contributed by atoms with E-state index >= 15 is 0 Å². The SMILES string of the molecule is N#Cc1ccsc1NC(=O)CSc1c(Cl)cccc1Cl. The van der Waals surface area contributed by atoms with Gasteiger partial charge in [0.15, 0.2) is 0 Å². The summed E-state index contributed by atoms with van der Waals surface area (Å²) in [6, 6.07) is 8.88. The van der Waals surface area contributed by atoms with Crippen LogP contribution in [0, 0.1) is 11.3 Å². The highest BCUT2D eigenvalue weighted by Gasteiger charge is 2.11. The van der Waals surface area contributed by atoms with Crippen LogP contribution in [0.15, 0.2) is 34.5 Å². The average Bonchev–Trinajstić information content (AvgIpc) is 2.85. The van der Waals surface area contributed by atoms with Crippen LogP contribution in [0.25, 0.3) is 0 Å². The summed E-state index contributed by atoms with van der Waals surface area (Å²) in [5.41, 5.74) is 0.462. The van der Waals surface area contributed by atoms with Gasteiger partial charge < -0.3 is 5.32 Å². The van der Waals surface area contributed by atoms with Crippen molar-refractivity contribution in [2.75, 3.05) is 11.1 Å². The lowest BCUT2D eigenvalue weighted by Crippen LogP contribution is -2.13. The molecule has 0 bridgehead atoms. The van der Waals surface area contributed by atoms with Gasteiger partial charge in [0.2, 0.25) is 5.91 Å². The molecule has 0 radical (unpaired) electrons. The monoisotopic (exact) mass is 342 g/mol. The standard InChI is InChI=1S/C13H8Cl2N2OS2/c14-9-2-1-3-10(15)12(9)20-7-11(18)17-13-8(6-16)4-5-19-13/h1-5H,7H2,(H,17,18). The van der Waals surface area contributed by atoms with E-state index in [1.54, 1.807) is 29.6 Å². The molecule has 102 valence electrons. The van der Waals surface area contributed by atoms with Crippen molar-refractivity contribution in [2.24, 2.45) is 0 Å². The largest absolute Gasteiger partial charge is 0.316 e. The number of carbonyl (C=O) groups excluding carboxylic acids is 1. The second kappa shape index (κ2) is 7.00. The molecule has 0 aliphatic heterocycles. The number of amides is 1. The van der Waals surface area contributed by atoms with Gasteiger partial charge in [-0.2, -0.15) is 5.26 Å². The molecular weight excluding hydrogens is 335 g/mol. The van der Waals surface area contributed by atoms with Crippen molar-refractivity contribution in [3.05, 3.63) is 45.3 Å². The van der Waals surface area contributed by atoms with Crippen molar-refractivity contribution < 1.29 is 4.79 Å². The van der Waals surface area contributed by atoms with Crippen molar-refractivity contribution >= 4 is 57.2 Å². The summed E-state index contributed by atoms with van der Waals surface area (Å²) in [6.07, 6.45) is 0. The van der Waals surface area contributed by atoms with Crippen LogP contribution in [0.4, 0.5) is 5.00 Å². The maximum absolute atomic E-state index is 11.9. The molecule has 7 heteroatoms. The lowest BCUT2D eigenvalue weighted by molar-refractivity contribution is -0.113. The Hall–Kier alpha value is -1.19. The number of halogens is 2. The van der Waals surface area contributed by atoms with Crippen LogP contribution in [0.2, 0.25) is 10.0 Å². The maximum atomic E-state index is 11.9. The van der Waals surface area contributed by atoms with Crippen LogP contribution >= 0.6 is 46.3 Å². The number of carbonyl (C=O) groups is 1. The van der Waals surface area contributed by atoms with Gasteiger partial charge in [-0.05, 0) is 23.6 Å². The fraction of sp³-hybridized carbons (Fsp3) is 0.0769. The second-order valence-corrected chi connectivity index (χ2v) is 6.38. The van der Waals surface area contributed by atoms with Crippen LogP contribution in [-0.4, -0.2) is 11.7 Å². The minimum absolute atomic E-state index is 0.173. The minimum Gasteiger partial charge on any atom is -0.316 e. The van der Waals surface area contributed by atoms with Crippen LogP contribution in [0.5, 0.6) is 0 Å². The molecule has 0 fully saturated rings. The smallest absolute Gasteiger partial charge is 0.235 e. The normalized spacial score (nSPS) is 10.1. The highest BCUT2D eigenvalue weighted by atomic mass is 35.5. The summed E-state index contributed by atoms with van der Waals surface area (Å²) in [6.45, 7) is 0. The molecule has 0 saturated carbocycles. The number of nitrogens with zero attached hydrogens (tertiary/aromatic N) is 1. The summed E-state index contributed by atoms with van der Waals surface area (Å²) < 4.78 is 0. The first-order valence-corrected chi connectivity index (χ1v) is 8.08. The molecule has 1 aromatic carbocycles. The van der Waals surface area contributed by atoms with Crippen molar-refractivity contribution in [3.8, 4) is 6.07 Å². The van der Waals surface area contributed by atoms with Crippen LogP contribution in [-0.2, 0) is 4.79 Å². The quantitative estimate of drug-likeness (QED) is 0.822. The number of nitrogens with one attached hydrogen (secondary N) is 1. The lowest BCUT2D eigenvalue weighted by atomic mass is 10.3. The Balaban J connectivity index is 1.98. The van der Waals surface area contributed by atoms with E-state index in [1.807, 2.05) is 6.07 Å². The zero-order chi connectivity index (χ0) is 14.5. The van der Waals surface area contributed by atoms with Gasteiger partial charge in [0.25, 0.3) is 0 Å². The number of thiophene rings is 1. The van der Waals surface area contributed by atoms with Crippen molar-refractivity contribution in [2.45, 2.75) is 4.90 Å². The van der Waals surface area contributed by atoms with Gasteiger partial charge in [0.05, 0.1) is 21.4 Å². The van der Waals surface area contributed by atoms with Gasteiger partial charge >= 0.3 is 0 Å². The predicted octanol–water partition coefficient (Wildman–Crippen LogP) is 4.66. The van der Waals surface area contributed by atoms with E-state index in [4.69, 9.17) is 28.5 Å². The molecule has 20 heavy (non-hydrogen) atoms. The first-order chi connectivity index (χ1) is 9.61. The summed E-state index contributed by atoms with van der Waals surface area (Å²) in [5, 5.41) is 14.9. The first-order valence-electron chi connectivity index (χ1n) is 5.46. The third kappa shape index (κ3) is 3.68. The molecule has 0 unspecified atom stereocenters. The molecule has 3 nitrogen and oxygen atoms in total. The van der Waals surface area contributed by atoms with Crippen molar-refractivity contribution in [1.29, 1.82) is 5.26 Å². The Labute approximate surface area is 134 Å². The van der Waals surface area contributed by atoms with Crippen LogP contribution in [0.1, 0.15) is 5.56 Å². The third-order valence-electron chi connectivity index (χ3n) is 2.31. The molecule has 2 rings (SSSR count). The van der Waals surface area contributed by atoms with Crippen LogP contribution < -0.4 is 5.32 Å². The summed E-state index contributed by atoms with van der Waals surface area (Å²) in [5.74, 6) is -0.0309. The number of nitriles is 1. The number of anilines is 1. The van der Waals surface area contributed by atoms with E-state index in [0.717, 1.165) is 0 Å². The second-order valence-electron chi connectivity index (χ2n) is 3.66. The van der Waals surface area contributed by atoms with Gasteiger partial charge in [-0.3, -0.25) is 4.79 Å². The Morgan fingerprint density at radius 1 is 1.35 bits per heavy atom. The molecule has 2 aromatic rings. The zero-order valence-electron chi connectivity index (χ0n) is 10.0. The highest BCUT2D eigenvalue weighted by molar-refractivity contribution is 8.00. The highest BCUT2D eigenvalue weighted by Crippen LogP contribution is 2.34. The van der Waals surface area contributed by atoms with E-state index in [9.17, 15) is 4.79 Å². The van der Waals surface area contributed by atoms with E-state index in [0.29, 0.717) is 25.5 Å². The van der Waals surface area contributed by atoms with Gasteiger partial charge in [-0.25, -0.2) is 0 Å². The van der Waals surface area contributed by atoms with Gasteiger partial charge in [0, 0.05) is 4.90 Å².